The highest BCUT2D eigenvalue weighted by Crippen LogP contribution is 2.22. The van der Waals surface area contributed by atoms with Crippen molar-refractivity contribution in [3.05, 3.63) is 65.6 Å². The minimum absolute atomic E-state index is 0.0188. The fraction of sp³-hybridized carbons (Fsp3) is 0.318. The Labute approximate surface area is 184 Å². The first kappa shape index (κ1) is 21.1. The van der Waals surface area contributed by atoms with Crippen molar-refractivity contribution in [2.75, 3.05) is 38.2 Å². The van der Waals surface area contributed by atoms with Gasteiger partial charge in [-0.3, -0.25) is 9.59 Å². The van der Waals surface area contributed by atoms with Gasteiger partial charge in [-0.1, -0.05) is 18.2 Å². The van der Waals surface area contributed by atoms with Crippen LogP contribution < -0.4 is 5.32 Å². The van der Waals surface area contributed by atoms with Crippen LogP contribution in [0.5, 0.6) is 0 Å². The van der Waals surface area contributed by atoms with Crippen molar-refractivity contribution in [1.29, 1.82) is 0 Å². The predicted molar refractivity (Wildman–Crippen MR) is 117 cm³/mol. The molecule has 0 radical (unpaired) electrons. The van der Waals surface area contributed by atoms with Crippen LogP contribution >= 0.6 is 11.3 Å². The van der Waals surface area contributed by atoms with Gasteiger partial charge in [0, 0.05) is 37.1 Å². The number of rotatable bonds is 8. The maximum absolute atomic E-state index is 13.2. The van der Waals surface area contributed by atoms with Crippen molar-refractivity contribution in [3.8, 4) is 0 Å². The first-order chi connectivity index (χ1) is 15.2. The predicted octanol–water partition coefficient (Wildman–Crippen LogP) is 3.37. The number of para-hydroxylation sites is 1. The number of hydrogen-bond acceptors (Lipinski definition) is 7. The van der Waals surface area contributed by atoms with Crippen LogP contribution in [0, 0.1) is 0 Å². The van der Waals surface area contributed by atoms with Crippen LogP contribution in [-0.4, -0.2) is 59.4 Å². The highest BCUT2D eigenvalue weighted by Gasteiger charge is 2.23. The lowest BCUT2D eigenvalue weighted by Gasteiger charge is -2.28. The molecule has 1 aliphatic heterocycles. The number of carbonyl (C=O) groups is 2. The molecule has 0 aliphatic carbocycles. The fourth-order valence-electron chi connectivity index (χ4n) is 3.28. The minimum Gasteiger partial charge on any atom is -0.467 e. The van der Waals surface area contributed by atoms with Gasteiger partial charge in [0.15, 0.2) is 5.13 Å². The number of anilines is 2. The van der Waals surface area contributed by atoms with Crippen molar-refractivity contribution in [2.45, 2.75) is 13.0 Å². The average molecular weight is 441 g/mol. The van der Waals surface area contributed by atoms with Crippen molar-refractivity contribution >= 4 is 34.0 Å². The van der Waals surface area contributed by atoms with Crippen LogP contribution in [0.1, 0.15) is 22.7 Å². The molecule has 4 rings (SSSR count). The normalized spacial score (nSPS) is 13.7. The zero-order chi connectivity index (χ0) is 21.5. The van der Waals surface area contributed by atoms with Crippen molar-refractivity contribution < 1.29 is 18.7 Å². The van der Waals surface area contributed by atoms with Crippen LogP contribution in [0.2, 0.25) is 0 Å². The number of benzene rings is 1. The standard InChI is InChI=1S/C22H24N4O4S/c27-20(25-10-13-29-14-11-25)8-9-26(15-18-7-4-12-30-18)21(28)19-16-31-22(24-19)23-17-5-2-1-3-6-17/h1-7,12,16H,8-11,13-15H2,(H,23,24). The van der Waals surface area contributed by atoms with E-state index in [1.54, 1.807) is 27.5 Å². The van der Waals surface area contributed by atoms with Gasteiger partial charge in [-0.2, -0.15) is 0 Å². The molecule has 0 atom stereocenters. The summed E-state index contributed by atoms with van der Waals surface area (Å²) in [6.45, 7) is 2.85. The van der Waals surface area contributed by atoms with Gasteiger partial charge in [0.2, 0.25) is 5.91 Å². The van der Waals surface area contributed by atoms with Gasteiger partial charge < -0.3 is 24.3 Å². The van der Waals surface area contributed by atoms with Gasteiger partial charge in [0.25, 0.3) is 5.91 Å². The second-order valence-electron chi connectivity index (χ2n) is 7.08. The topological polar surface area (TPSA) is 87.9 Å². The van der Waals surface area contributed by atoms with E-state index in [1.807, 2.05) is 36.4 Å². The van der Waals surface area contributed by atoms with Crippen LogP contribution in [0.25, 0.3) is 0 Å². The van der Waals surface area contributed by atoms with Crippen molar-refractivity contribution in [1.82, 2.24) is 14.8 Å². The Bertz CT molecular complexity index is 984. The molecule has 0 bridgehead atoms. The molecule has 1 aliphatic rings. The van der Waals surface area contributed by atoms with E-state index in [0.717, 1.165) is 5.69 Å². The number of carbonyl (C=O) groups excluding carboxylic acids is 2. The fourth-order valence-corrected chi connectivity index (χ4v) is 3.99. The summed E-state index contributed by atoms with van der Waals surface area (Å²) in [4.78, 5) is 33.6. The summed E-state index contributed by atoms with van der Waals surface area (Å²) in [5.41, 5.74) is 1.24. The highest BCUT2D eigenvalue weighted by atomic mass is 32.1. The Kier molecular flexibility index (Phi) is 6.96. The smallest absolute Gasteiger partial charge is 0.273 e. The number of thiazole rings is 1. The highest BCUT2D eigenvalue weighted by molar-refractivity contribution is 7.14. The molecule has 3 heterocycles. The van der Waals surface area contributed by atoms with E-state index >= 15 is 0 Å². The Morgan fingerprint density at radius 1 is 1.13 bits per heavy atom. The van der Waals surface area contributed by atoms with Gasteiger partial charge in [0.05, 0.1) is 26.0 Å². The second-order valence-corrected chi connectivity index (χ2v) is 7.94. The van der Waals surface area contributed by atoms with E-state index in [0.29, 0.717) is 42.9 Å². The Hall–Kier alpha value is -3.17. The Balaban J connectivity index is 1.43. The van der Waals surface area contributed by atoms with Crippen LogP contribution in [0.15, 0.2) is 58.5 Å². The summed E-state index contributed by atoms with van der Waals surface area (Å²) >= 11 is 1.36. The van der Waals surface area contributed by atoms with Crippen LogP contribution in [0.3, 0.4) is 0 Å². The maximum atomic E-state index is 13.2. The molecule has 2 aromatic heterocycles. The third-order valence-corrected chi connectivity index (χ3v) is 5.68. The third kappa shape index (κ3) is 5.71. The van der Waals surface area contributed by atoms with Crippen molar-refractivity contribution in [2.24, 2.45) is 0 Å². The number of amides is 2. The quantitative estimate of drug-likeness (QED) is 0.578. The zero-order valence-electron chi connectivity index (χ0n) is 17.0. The molecule has 0 unspecified atom stereocenters. The Morgan fingerprint density at radius 3 is 2.68 bits per heavy atom. The molecule has 162 valence electrons. The average Bonchev–Trinajstić information content (AvgIpc) is 3.49. The summed E-state index contributed by atoms with van der Waals surface area (Å²) in [5.74, 6) is 0.443. The molecule has 2 amide bonds. The molecule has 3 aromatic rings. The molecule has 8 nitrogen and oxygen atoms in total. The SMILES string of the molecule is O=C(CCN(Cc1ccco1)C(=O)c1csc(Nc2ccccc2)n1)N1CCOCC1. The molecule has 1 fully saturated rings. The van der Waals surface area contributed by atoms with E-state index in [9.17, 15) is 9.59 Å². The number of furan rings is 1. The van der Waals surface area contributed by atoms with E-state index in [1.165, 1.54) is 11.3 Å². The molecule has 0 spiro atoms. The Morgan fingerprint density at radius 2 is 1.94 bits per heavy atom. The maximum Gasteiger partial charge on any atom is 0.273 e. The zero-order valence-corrected chi connectivity index (χ0v) is 17.8. The lowest BCUT2D eigenvalue weighted by molar-refractivity contribution is -0.135. The number of nitrogens with zero attached hydrogens (tertiary/aromatic N) is 3. The molecular weight excluding hydrogens is 416 g/mol. The summed E-state index contributed by atoms with van der Waals surface area (Å²) < 4.78 is 10.7. The molecule has 1 saturated heterocycles. The molecule has 1 aromatic carbocycles. The lowest BCUT2D eigenvalue weighted by Crippen LogP contribution is -2.42. The molecule has 1 N–H and O–H groups in total. The summed E-state index contributed by atoms with van der Waals surface area (Å²) in [6, 6.07) is 13.3. The van der Waals surface area contributed by atoms with Crippen LogP contribution in [-0.2, 0) is 16.1 Å². The monoisotopic (exact) mass is 440 g/mol. The lowest BCUT2D eigenvalue weighted by atomic mass is 10.2. The van der Waals surface area contributed by atoms with E-state index in [-0.39, 0.29) is 31.3 Å². The second kappa shape index (κ2) is 10.2. The first-order valence-electron chi connectivity index (χ1n) is 10.1. The number of nitrogens with one attached hydrogen (secondary N) is 1. The summed E-state index contributed by atoms with van der Waals surface area (Å²) in [6.07, 6.45) is 1.81. The summed E-state index contributed by atoms with van der Waals surface area (Å²) in [5, 5.41) is 5.57. The largest absolute Gasteiger partial charge is 0.467 e. The van der Waals surface area contributed by atoms with Crippen molar-refractivity contribution in [3.63, 3.8) is 0 Å². The summed E-state index contributed by atoms with van der Waals surface area (Å²) in [7, 11) is 0. The molecular formula is C22H24N4O4S. The van der Waals surface area contributed by atoms with Gasteiger partial charge >= 0.3 is 0 Å². The number of ether oxygens (including phenoxy) is 1. The molecule has 0 saturated carbocycles. The van der Waals surface area contributed by atoms with E-state index in [4.69, 9.17) is 9.15 Å². The number of morpholine rings is 1. The van der Waals surface area contributed by atoms with E-state index in [2.05, 4.69) is 10.3 Å². The van der Waals surface area contributed by atoms with Crippen LogP contribution in [0.4, 0.5) is 10.8 Å². The van der Waals surface area contributed by atoms with E-state index < -0.39 is 0 Å². The first-order valence-corrected chi connectivity index (χ1v) is 11.0. The number of hydrogen-bond donors (Lipinski definition) is 1. The third-order valence-electron chi connectivity index (χ3n) is 4.92. The van der Waals surface area contributed by atoms with Gasteiger partial charge in [-0.25, -0.2) is 4.98 Å². The minimum atomic E-state index is -0.233. The molecule has 9 heteroatoms. The van der Waals surface area contributed by atoms with Gasteiger partial charge in [0.1, 0.15) is 11.5 Å². The number of aromatic nitrogens is 1. The molecule has 31 heavy (non-hydrogen) atoms. The van der Waals surface area contributed by atoms with Gasteiger partial charge in [-0.15, -0.1) is 11.3 Å². The van der Waals surface area contributed by atoms with Gasteiger partial charge in [-0.05, 0) is 24.3 Å².